The number of nitrogens with zero attached hydrogens (tertiary/aromatic N) is 1. The number of likely N-dealkylation sites (N-methyl/N-ethyl adjacent to an activating group) is 1. The molecule has 5 nitrogen and oxygen atoms in total. The van der Waals surface area contributed by atoms with Crippen LogP contribution in [0.1, 0.15) is 0 Å². The number of nitrogens with one attached hydrogen (secondary N) is 2. The third-order valence-corrected chi connectivity index (χ3v) is 3.80. The van der Waals surface area contributed by atoms with Crippen LogP contribution in [0, 0.1) is 0 Å². The summed E-state index contributed by atoms with van der Waals surface area (Å²) in [7, 11) is 1.99. The smallest absolute Gasteiger partial charge is 0.254 e. The standard InChI is InChI=1S/C18H21N3O2/c1-21-11-12-23-17(13-21)18(22)20-16-10-6-5-9-15(16)19-14-7-3-2-4-8-14/h2-10,17,19H,11-13H2,1H3,(H,20,22)/t17-/m0/s1. The van der Waals surface area contributed by atoms with Gasteiger partial charge in [0.15, 0.2) is 0 Å². The first-order valence-electron chi connectivity index (χ1n) is 7.74. The average Bonchev–Trinajstić information content (AvgIpc) is 2.57. The Morgan fingerprint density at radius 3 is 2.52 bits per heavy atom. The van der Waals surface area contributed by atoms with Crippen molar-refractivity contribution in [2.24, 2.45) is 0 Å². The van der Waals surface area contributed by atoms with Crippen molar-refractivity contribution in [3.63, 3.8) is 0 Å². The Morgan fingerprint density at radius 1 is 1.09 bits per heavy atom. The molecule has 5 heteroatoms. The van der Waals surface area contributed by atoms with Crippen LogP contribution in [0.15, 0.2) is 54.6 Å². The predicted octanol–water partition coefficient (Wildman–Crippen LogP) is 2.70. The molecule has 1 heterocycles. The van der Waals surface area contributed by atoms with E-state index in [0.29, 0.717) is 13.2 Å². The van der Waals surface area contributed by atoms with Crippen LogP contribution in [-0.2, 0) is 9.53 Å². The molecule has 1 fully saturated rings. The van der Waals surface area contributed by atoms with Gasteiger partial charge in [-0.05, 0) is 31.3 Å². The van der Waals surface area contributed by atoms with Crippen molar-refractivity contribution in [1.82, 2.24) is 4.90 Å². The molecule has 2 aromatic rings. The van der Waals surface area contributed by atoms with Gasteiger partial charge >= 0.3 is 0 Å². The van der Waals surface area contributed by atoms with Crippen molar-refractivity contribution < 1.29 is 9.53 Å². The highest BCUT2D eigenvalue weighted by atomic mass is 16.5. The molecule has 0 aromatic heterocycles. The van der Waals surface area contributed by atoms with Gasteiger partial charge in [-0.15, -0.1) is 0 Å². The summed E-state index contributed by atoms with van der Waals surface area (Å²) in [6.45, 7) is 2.05. The van der Waals surface area contributed by atoms with Crippen molar-refractivity contribution in [3.05, 3.63) is 54.6 Å². The first-order chi connectivity index (χ1) is 11.2. The fourth-order valence-corrected chi connectivity index (χ4v) is 2.53. The number of amides is 1. The summed E-state index contributed by atoms with van der Waals surface area (Å²) in [5.41, 5.74) is 2.58. The molecule has 0 spiro atoms. The number of hydrogen-bond donors (Lipinski definition) is 2. The lowest BCUT2D eigenvalue weighted by molar-refractivity contribution is -0.132. The maximum absolute atomic E-state index is 12.4. The van der Waals surface area contributed by atoms with Gasteiger partial charge in [-0.1, -0.05) is 30.3 Å². The fourth-order valence-electron chi connectivity index (χ4n) is 2.53. The highest BCUT2D eigenvalue weighted by Gasteiger charge is 2.25. The molecule has 0 unspecified atom stereocenters. The van der Waals surface area contributed by atoms with Crippen molar-refractivity contribution in [3.8, 4) is 0 Å². The Kier molecular flexibility index (Phi) is 4.90. The summed E-state index contributed by atoms with van der Waals surface area (Å²) in [5.74, 6) is -0.112. The Balaban J connectivity index is 1.71. The zero-order valence-electron chi connectivity index (χ0n) is 13.2. The van der Waals surface area contributed by atoms with Crippen molar-refractivity contribution in [1.29, 1.82) is 0 Å². The molecule has 1 saturated heterocycles. The SMILES string of the molecule is CN1CCO[C@H](C(=O)Nc2ccccc2Nc2ccccc2)C1. The molecule has 23 heavy (non-hydrogen) atoms. The second-order valence-corrected chi connectivity index (χ2v) is 5.65. The summed E-state index contributed by atoms with van der Waals surface area (Å²) in [4.78, 5) is 14.5. The first kappa shape index (κ1) is 15.5. The third-order valence-electron chi connectivity index (χ3n) is 3.80. The van der Waals surface area contributed by atoms with Crippen molar-refractivity contribution in [2.45, 2.75) is 6.10 Å². The minimum absolute atomic E-state index is 0.112. The third kappa shape index (κ3) is 4.09. The van der Waals surface area contributed by atoms with Gasteiger partial charge in [0, 0.05) is 18.8 Å². The molecule has 0 bridgehead atoms. The number of rotatable bonds is 4. The van der Waals surface area contributed by atoms with Crippen LogP contribution < -0.4 is 10.6 Å². The van der Waals surface area contributed by atoms with Crippen LogP contribution in [-0.4, -0.2) is 43.7 Å². The highest BCUT2D eigenvalue weighted by Crippen LogP contribution is 2.25. The molecule has 3 rings (SSSR count). The van der Waals surface area contributed by atoms with Gasteiger partial charge < -0.3 is 20.3 Å². The summed E-state index contributed by atoms with van der Waals surface area (Å²) >= 11 is 0. The van der Waals surface area contributed by atoms with E-state index in [9.17, 15) is 4.79 Å². The average molecular weight is 311 g/mol. The zero-order valence-corrected chi connectivity index (χ0v) is 13.2. The van der Waals surface area contributed by atoms with Gasteiger partial charge in [0.25, 0.3) is 5.91 Å². The largest absolute Gasteiger partial charge is 0.366 e. The zero-order chi connectivity index (χ0) is 16.1. The number of morpholine rings is 1. The van der Waals surface area contributed by atoms with Gasteiger partial charge in [-0.2, -0.15) is 0 Å². The topological polar surface area (TPSA) is 53.6 Å². The number of carbonyl (C=O) groups is 1. The van der Waals surface area contributed by atoms with E-state index >= 15 is 0 Å². The lowest BCUT2D eigenvalue weighted by atomic mass is 10.2. The Morgan fingerprint density at radius 2 is 1.78 bits per heavy atom. The van der Waals surface area contributed by atoms with E-state index in [0.717, 1.165) is 23.6 Å². The van der Waals surface area contributed by atoms with E-state index in [1.54, 1.807) is 0 Å². The van der Waals surface area contributed by atoms with Crippen LogP contribution in [0.3, 0.4) is 0 Å². The molecule has 1 atom stereocenters. The van der Waals surface area contributed by atoms with Crippen LogP contribution >= 0.6 is 0 Å². The molecule has 1 amide bonds. The van der Waals surface area contributed by atoms with Gasteiger partial charge in [-0.3, -0.25) is 4.79 Å². The fraction of sp³-hybridized carbons (Fsp3) is 0.278. The highest BCUT2D eigenvalue weighted by molar-refractivity contribution is 5.97. The number of ether oxygens (including phenoxy) is 1. The number of benzene rings is 2. The van der Waals surface area contributed by atoms with E-state index in [4.69, 9.17) is 4.74 Å². The van der Waals surface area contributed by atoms with E-state index in [1.807, 2.05) is 61.6 Å². The van der Waals surface area contributed by atoms with E-state index < -0.39 is 6.10 Å². The van der Waals surface area contributed by atoms with E-state index in [2.05, 4.69) is 15.5 Å². The first-order valence-corrected chi connectivity index (χ1v) is 7.74. The summed E-state index contributed by atoms with van der Waals surface area (Å²) < 4.78 is 5.57. The molecular weight excluding hydrogens is 290 g/mol. The van der Waals surface area contributed by atoms with Crippen LogP contribution in [0.2, 0.25) is 0 Å². The normalized spacial score (nSPS) is 18.4. The monoisotopic (exact) mass is 311 g/mol. The molecule has 0 saturated carbocycles. The molecular formula is C18H21N3O2. The quantitative estimate of drug-likeness (QED) is 0.911. The molecule has 120 valence electrons. The summed E-state index contributed by atoms with van der Waals surface area (Å²) in [6.07, 6.45) is -0.432. The van der Waals surface area contributed by atoms with Crippen LogP contribution in [0.25, 0.3) is 0 Å². The van der Waals surface area contributed by atoms with Crippen LogP contribution in [0.5, 0.6) is 0 Å². The predicted molar refractivity (Wildman–Crippen MR) is 92.0 cm³/mol. The molecule has 1 aliphatic heterocycles. The Bertz CT molecular complexity index is 660. The minimum atomic E-state index is -0.432. The van der Waals surface area contributed by atoms with Crippen LogP contribution in [0.4, 0.5) is 17.1 Å². The molecule has 2 N–H and O–H groups in total. The molecule has 0 radical (unpaired) electrons. The lowest BCUT2D eigenvalue weighted by Gasteiger charge is -2.29. The molecule has 1 aliphatic rings. The van der Waals surface area contributed by atoms with Gasteiger partial charge in [-0.25, -0.2) is 0 Å². The molecule has 2 aromatic carbocycles. The summed E-state index contributed by atoms with van der Waals surface area (Å²) in [5, 5.41) is 6.29. The number of anilines is 3. The second-order valence-electron chi connectivity index (χ2n) is 5.65. The maximum Gasteiger partial charge on any atom is 0.254 e. The van der Waals surface area contributed by atoms with Gasteiger partial charge in [0.05, 0.1) is 18.0 Å². The second kappa shape index (κ2) is 7.26. The Labute approximate surface area is 136 Å². The maximum atomic E-state index is 12.4. The number of para-hydroxylation sites is 3. The minimum Gasteiger partial charge on any atom is -0.366 e. The van der Waals surface area contributed by atoms with Crippen molar-refractivity contribution >= 4 is 23.0 Å². The van der Waals surface area contributed by atoms with Gasteiger partial charge in [0.2, 0.25) is 0 Å². The van der Waals surface area contributed by atoms with Crippen molar-refractivity contribution in [2.75, 3.05) is 37.4 Å². The Hall–Kier alpha value is -2.37. The van der Waals surface area contributed by atoms with E-state index in [-0.39, 0.29) is 5.91 Å². The molecule has 0 aliphatic carbocycles. The number of carbonyl (C=O) groups excluding carboxylic acids is 1. The lowest BCUT2D eigenvalue weighted by Crippen LogP contribution is -2.46. The van der Waals surface area contributed by atoms with E-state index in [1.165, 1.54) is 0 Å². The van der Waals surface area contributed by atoms with Gasteiger partial charge in [0.1, 0.15) is 6.10 Å². The summed E-state index contributed by atoms with van der Waals surface area (Å²) in [6, 6.07) is 17.5. The number of hydrogen-bond acceptors (Lipinski definition) is 4.